The lowest BCUT2D eigenvalue weighted by atomic mass is 10.0. The second kappa shape index (κ2) is 4.96. The van der Waals surface area contributed by atoms with Crippen molar-refractivity contribution in [1.82, 2.24) is 0 Å². The number of nitrogens with zero attached hydrogens (tertiary/aromatic N) is 1. The van der Waals surface area contributed by atoms with E-state index in [2.05, 4.69) is 36.6 Å². The predicted octanol–water partition coefficient (Wildman–Crippen LogP) is 4.40. The third kappa shape index (κ3) is 2.31. The number of halogens is 1. The maximum absolute atomic E-state index is 14.5. The van der Waals surface area contributed by atoms with Crippen molar-refractivity contribution in [3.63, 3.8) is 0 Å². The van der Waals surface area contributed by atoms with Gasteiger partial charge >= 0.3 is 0 Å². The van der Waals surface area contributed by atoms with Crippen molar-refractivity contribution in [2.75, 3.05) is 0 Å². The number of hydrogen-bond acceptors (Lipinski definition) is 0. The van der Waals surface area contributed by atoms with E-state index < -0.39 is 0 Å². The summed E-state index contributed by atoms with van der Waals surface area (Å²) in [7, 11) is 2.00. The molecule has 3 aromatic rings. The molecule has 2 heteroatoms. The van der Waals surface area contributed by atoms with E-state index in [1.807, 2.05) is 32.2 Å². The van der Waals surface area contributed by atoms with Crippen molar-refractivity contribution < 1.29 is 8.96 Å². The highest BCUT2D eigenvalue weighted by atomic mass is 19.1. The van der Waals surface area contributed by atoms with Crippen LogP contribution in [0.3, 0.4) is 0 Å². The normalized spacial score (nSPS) is 11.1. The van der Waals surface area contributed by atoms with Gasteiger partial charge in [-0.3, -0.25) is 0 Å². The smallest absolute Gasteiger partial charge is 0.206 e. The molecule has 2 aromatic carbocycles. The predicted molar refractivity (Wildman–Crippen MR) is 84.7 cm³/mol. The van der Waals surface area contributed by atoms with Gasteiger partial charge < -0.3 is 0 Å². The lowest BCUT2D eigenvalue weighted by Crippen LogP contribution is -2.32. The molecule has 0 atom stereocenters. The van der Waals surface area contributed by atoms with Gasteiger partial charge in [-0.25, -0.2) is 4.39 Å². The van der Waals surface area contributed by atoms with Crippen LogP contribution in [-0.4, -0.2) is 0 Å². The second-order valence-electron chi connectivity index (χ2n) is 5.78. The molecule has 0 aliphatic heterocycles. The number of rotatable bonds is 1. The molecule has 1 nitrogen and oxygen atoms in total. The van der Waals surface area contributed by atoms with Crippen LogP contribution in [0.4, 0.5) is 4.39 Å². The molecule has 0 N–H and O–H groups in total. The monoisotopic (exact) mass is 280 g/mol. The van der Waals surface area contributed by atoms with Crippen molar-refractivity contribution in [2.24, 2.45) is 7.05 Å². The maximum atomic E-state index is 14.5. The summed E-state index contributed by atoms with van der Waals surface area (Å²) in [6.45, 7) is 6.15. The summed E-state index contributed by atoms with van der Waals surface area (Å²) in [5.74, 6) is -0.168. The fourth-order valence-electron chi connectivity index (χ4n) is 2.82. The van der Waals surface area contributed by atoms with E-state index >= 15 is 0 Å². The summed E-state index contributed by atoms with van der Waals surface area (Å²) in [4.78, 5) is 0. The second-order valence-corrected chi connectivity index (χ2v) is 5.78. The molecule has 0 fully saturated rings. The van der Waals surface area contributed by atoms with Crippen LogP contribution in [0.25, 0.3) is 22.2 Å². The van der Waals surface area contributed by atoms with Crippen LogP contribution in [0.1, 0.15) is 16.7 Å². The molecule has 0 spiro atoms. The van der Waals surface area contributed by atoms with Gasteiger partial charge in [-0.05, 0) is 44.0 Å². The minimum Gasteiger partial charge on any atom is -0.206 e. The molecule has 0 unspecified atom stereocenters. The number of pyridine rings is 1. The molecular weight excluding hydrogens is 261 g/mol. The van der Waals surface area contributed by atoms with Gasteiger partial charge in [0.1, 0.15) is 12.9 Å². The summed E-state index contributed by atoms with van der Waals surface area (Å²) >= 11 is 0. The molecule has 0 saturated carbocycles. The molecule has 0 bridgehead atoms. The molecular formula is C19H19FN+. The number of fused-ring (bicyclic) bond motifs is 1. The highest BCUT2D eigenvalue weighted by molar-refractivity contribution is 5.79. The molecule has 0 saturated heterocycles. The van der Waals surface area contributed by atoms with Crippen molar-refractivity contribution in [2.45, 2.75) is 20.8 Å². The minimum atomic E-state index is -0.168. The van der Waals surface area contributed by atoms with Crippen LogP contribution in [0.15, 0.2) is 42.5 Å². The topological polar surface area (TPSA) is 3.88 Å². The van der Waals surface area contributed by atoms with E-state index in [1.165, 1.54) is 5.56 Å². The number of aromatic nitrogens is 1. The van der Waals surface area contributed by atoms with Gasteiger partial charge in [0, 0.05) is 17.7 Å². The van der Waals surface area contributed by atoms with Crippen LogP contribution >= 0.6 is 0 Å². The zero-order valence-electron chi connectivity index (χ0n) is 12.9. The average Bonchev–Trinajstić information content (AvgIpc) is 2.45. The largest absolute Gasteiger partial charge is 0.215 e. The first-order chi connectivity index (χ1) is 9.97. The molecule has 21 heavy (non-hydrogen) atoms. The molecule has 0 amide bonds. The summed E-state index contributed by atoms with van der Waals surface area (Å²) < 4.78 is 16.5. The third-order valence-corrected chi connectivity index (χ3v) is 4.07. The quantitative estimate of drug-likeness (QED) is 0.582. The van der Waals surface area contributed by atoms with E-state index in [0.717, 1.165) is 27.9 Å². The highest BCUT2D eigenvalue weighted by Gasteiger charge is 2.19. The van der Waals surface area contributed by atoms with Crippen LogP contribution in [-0.2, 0) is 7.05 Å². The van der Waals surface area contributed by atoms with Gasteiger partial charge in [0.15, 0.2) is 0 Å². The Labute approximate surface area is 124 Å². The van der Waals surface area contributed by atoms with E-state index in [1.54, 1.807) is 6.07 Å². The first kappa shape index (κ1) is 13.7. The Morgan fingerprint density at radius 3 is 2.29 bits per heavy atom. The van der Waals surface area contributed by atoms with E-state index in [0.29, 0.717) is 5.39 Å². The molecule has 106 valence electrons. The Morgan fingerprint density at radius 1 is 0.857 bits per heavy atom. The zero-order valence-corrected chi connectivity index (χ0v) is 12.9. The molecule has 1 heterocycles. The summed E-state index contributed by atoms with van der Waals surface area (Å²) in [5.41, 5.74) is 6.39. The SMILES string of the molecule is Cc1ccc(C)c(-c2cc(F)c3ccc(C)cc3[n+]2C)c1. The Balaban J connectivity index is 2.38. The average molecular weight is 280 g/mol. The molecule has 1 aromatic heterocycles. The van der Waals surface area contributed by atoms with Crippen LogP contribution in [0.2, 0.25) is 0 Å². The zero-order chi connectivity index (χ0) is 15.1. The third-order valence-electron chi connectivity index (χ3n) is 4.07. The first-order valence-electron chi connectivity index (χ1n) is 7.14. The first-order valence-corrected chi connectivity index (χ1v) is 7.14. The van der Waals surface area contributed by atoms with Gasteiger partial charge in [-0.15, -0.1) is 0 Å². The molecule has 3 rings (SSSR count). The maximum Gasteiger partial charge on any atom is 0.215 e. The lowest BCUT2D eigenvalue weighted by molar-refractivity contribution is -0.633. The number of benzene rings is 2. The van der Waals surface area contributed by atoms with Crippen molar-refractivity contribution in [3.05, 3.63) is 65.0 Å². The summed E-state index contributed by atoms with van der Waals surface area (Å²) in [5, 5.41) is 0.664. The minimum absolute atomic E-state index is 0.168. The van der Waals surface area contributed by atoms with Crippen molar-refractivity contribution >= 4 is 10.9 Å². The van der Waals surface area contributed by atoms with Gasteiger partial charge in [0.05, 0.1) is 5.39 Å². The van der Waals surface area contributed by atoms with Gasteiger partial charge in [0.25, 0.3) is 0 Å². The van der Waals surface area contributed by atoms with Gasteiger partial charge in [-0.2, -0.15) is 4.57 Å². The van der Waals surface area contributed by atoms with E-state index in [9.17, 15) is 4.39 Å². The summed E-state index contributed by atoms with van der Waals surface area (Å²) in [6.07, 6.45) is 0. The summed E-state index contributed by atoms with van der Waals surface area (Å²) in [6, 6.07) is 13.8. The Kier molecular flexibility index (Phi) is 3.25. The van der Waals surface area contributed by atoms with E-state index in [-0.39, 0.29) is 5.82 Å². The molecule has 0 aliphatic rings. The van der Waals surface area contributed by atoms with Gasteiger partial charge in [-0.1, -0.05) is 23.8 Å². The Hall–Kier alpha value is -2.22. The number of hydrogen-bond donors (Lipinski definition) is 0. The molecule has 0 aliphatic carbocycles. The highest BCUT2D eigenvalue weighted by Crippen LogP contribution is 2.26. The van der Waals surface area contributed by atoms with Crippen molar-refractivity contribution in [3.8, 4) is 11.3 Å². The van der Waals surface area contributed by atoms with E-state index in [4.69, 9.17) is 0 Å². The van der Waals surface area contributed by atoms with Crippen molar-refractivity contribution in [1.29, 1.82) is 0 Å². The Morgan fingerprint density at radius 2 is 1.52 bits per heavy atom. The number of aryl methyl sites for hydroxylation is 4. The standard InChI is InChI=1S/C19H19FN/c1-12-5-7-14(3)16(9-12)19-11-17(20)15-8-6-13(2)10-18(15)21(19)4/h5-11H,1-4H3/q+1. The van der Waals surface area contributed by atoms with Gasteiger partial charge in [0.2, 0.25) is 11.2 Å². The lowest BCUT2D eigenvalue weighted by Gasteiger charge is -2.09. The molecule has 0 radical (unpaired) electrons. The van der Waals surface area contributed by atoms with Crippen LogP contribution in [0, 0.1) is 26.6 Å². The fraction of sp³-hybridized carbons (Fsp3) is 0.211. The van der Waals surface area contributed by atoms with Crippen LogP contribution in [0.5, 0.6) is 0 Å². The Bertz CT molecular complexity index is 850. The fourth-order valence-corrected chi connectivity index (χ4v) is 2.82. The van der Waals surface area contributed by atoms with Crippen LogP contribution < -0.4 is 4.57 Å².